The standard InChI is InChI=1S/C41H24F7NO2S/c1-39(2)30-18-21(35-28(40(43,44)45)12-7-13-29(35)41(46,47)48)14-16-34(30)49(33-17-15-32(42)23-8-3-4-9-24(23)33)38-31(39)20-22(52-38)19-27-36(50)25-10-5-6-11-26(25)37(27)51/h3-20H,1-2H3. The minimum absolute atomic E-state index is 0.0281. The Bertz CT molecular complexity index is 2470. The van der Waals surface area contributed by atoms with Crippen molar-refractivity contribution in [2.45, 2.75) is 31.6 Å². The van der Waals surface area contributed by atoms with Crippen LogP contribution in [0.4, 0.5) is 47.1 Å². The Hall–Kier alpha value is -5.55. The van der Waals surface area contributed by atoms with Crippen molar-refractivity contribution in [3.8, 4) is 11.1 Å². The lowest BCUT2D eigenvalue weighted by atomic mass is 9.74. The number of fused-ring (bicyclic) bond motifs is 4. The van der Waals surface area contributed by atoms with Gasteiger partial charge in [0.25, 0.3) is 0 Å². The van der Waals surface area contributed by atoms with Gasteiger partial charge < -0.3 is 4.90 Å². The van der Waals surface area contributed by atoms with Crippen molar-refractivity contribution in [2.75, 3.05) is 4.90 Å². The van der Waals surface area contributed by atoms with Crippen LogP contribution in [0.15, 0.2) is 109 Å². The summed E-state index contributed by atoms with van der Waals surface area (Å²) in [6, 6.07) is 24.0. The average molecular weight is 728 g/mol. The third-order valence-corrected chi connectivity index (χ3v) is 10.8. The van der Waals surface area contributed by atoms with Crippen molar-refractivity contribution in [1.82, 2.24) is 0 Å². The zero-order valence-electron chi connectivity index (χ0n) is 27.2. The lowest BCUT2D eigenvalue weighted by Crippen LogP contribution is -2.29. The fourth-order valence-electron chi connectivity index (χ4n) is 7.29. The smallest absolute Gasteiger partial charge is 0.301 e. The van der Waals surface area contributed by atoms with Crippen molar-refractivity contribution in [1.29, 1.82) is 0 Å². The monoisotopic (exact) mass is 727 g/mol. The van der Waals surface area contributed by atoms with Gasteiger partial charge in [0.05, 0.1) is 28.1 Å². The van der Waals surface area contributed by atoms with Gasteiger partial charge in [-0.1, -0.05) is 74.5 Å². The average Bonchev–Trinajstić information content (AvgIpc) is 3.64. The summed E-state index contributed by atoms with van der Waals surface area (Å²) in [5, 5.41) is 1.43. The van der Waals surface area contributed by atoms with Crippen LogP contribution in [0.2, 0.25) is 0 Å². The van der Waals surface area contributed by atoms with Crippen molar-refractivity contribution >= 4 is 56.1 Å². The topological polar surface area (TPSA) is 37.4 Å². The van der Waals surface area contributed by atoms with Crippen molar-refractivity contribution < 1.29 is 40.3 Å². The summed E-state index contributed by atoms with van der Waals surface area (Å²) in [6.07, 6.45) is -8.66. The van der Waals surface area contributed by atoms with E-state index in [1.165, 1.54) is 41.7 Å². The molecule has 6 aromatic rings. The molecule has 0 fully saturated rings. The van der Waals surface area contributed by atoms with Crippen LogP contribution in [0.3, 0.4) is 0 Å². The number of carbonyl (C=O) groups excluding carboxylic acids is 2. The molecule has 0 saturated carbocycles. The van der Waals surface area contributed by atoms with Gasteiger partial charge in [-0.25, -0.2) is 4.39 Å². The highest BCUT2D eigenvalue weighted by Crippen LogP contribution is 2.57. The van der Waals surface area contributed by atoms with Crippen molar-refractivity contribution in [3.05, 3.63) is 153 Å². The maximum Gasteiger partial charge on any atom is 0.417 e. The Morgan fingerprint density at radius 1 is 0.654 bits per heavy atom. The number of thiophene rings is 1. The van der Waals surface area contributed by atoms with E-state index >= 15 is 4.39 Å². The minimum atomic E-state index is -5.08. The number of allylic oxidation sites excluding steroid dienone is 1. The number of rotatable bonds is 3. The van der Waals surface area contributed by atoms with E-state index in [1.54, 1.807) is 74.5 Å². The maximum atomic E-state index is 15.1. The molecule has 2 aliphatic rings. The second-order valence-electron chi connectivity index (χ2n) is 13.2. The van der Waals surface area contributed by atoms with Crippen molar-refractivity contribution in [2.24, 2.45) is 0 Å². The number of nitrogens with zero attached hydrogens (tertiary/aromatic N) is 1. The van der Waals surface area contributed by atoms with Crippen LogP contribution in [0, 0.1) is 5.82 Å². The molecular formula is C41H24F7NO2S. The summed E-state index contributed by atoms with van der Waals surface area (Å²) in [7, 11) is 0. The number of benzene rings is 5. The SMILES string of the molecule is CC1(C)c2cc(-c3c(C(F)(F)F)cccc3C(F)(F)F)ccc2N(c2ccc(F)c3ccccc23)c2sc(C=C3C(=O)c4ccccc4C3=O)cc21. The molecule has 1 aliphatic carbocycles. The number of hydrogen-bond acceptors (Lipinski definition) is 4. The molecule has 0 bridgehead atoms. The Morgan fingerprint density at radius 3 is 1.85 bits per heavy atom. The van der Waals surface area contributed by atoms with Crippen LogP contribution in [0.25, 0.3) is 28.0 Å². The number of anilines is 3. The first-order valence-corrected chi connectivity index (χ1v) is 16.8. The molecule has 0 N–H and O–H groups in total. The molecule has 0 amide bonds. The van der Waals surface area contributed by atoms with E-state index in [0.717, 1.165) is 6.07 Å². The van der Waals surface area contributed by atoms with E-state index in [0.29, 0.717) is 55.3 Å². The van der Waals surface area contributed by atoms with Gasteiger partial charge in [0.15, 0.2) is 11.6 Å². The molecular weight excluding hydrogens is 704 g/mol. The van der Waals surface area contributed by atoms with E-state index in [4.69, 9.17) is 0 Å². The predicted molar refractivity (Wildman–Crippen MR) is 187 cm³/mol. The molecule has 0 radical (unpaired) electrons. The molecule has 0 spiro atoms. The van der Waals surface area contributed by atoms with Crippen LogP contribution >= 0.6 is 11.3 Å². The number of hydrogen-bond donors (Lipinski definition) is 0. The highest BCUT2D eigenvalue weighted by atomic mass is 32.1. The highest BCUT2D eigenvalue weighted by molar-refractivity contribution is 7.17. The lowest BCUT2D eigenvalue weighted by molar-refractivity contribution is -0.142. The molecule has 1 aliphatic heterocycles. The number of ketones is 2. The molecule has 2 heterocycles. The molecule has 0 saturated heterocycles. The van der Waals surface area contributed by atoms with Gasteiger partial charge in [0.2, 0.25) is 0 Å². The fraction of sp³-hybridized carbons (Fsp3) is 0.122. The first-order chi connectivity index (χ1) is 24.6. The number of halogens is 7. The van der Waals surface area contributed by atoms with Crippen LogP contribution in [-0.4, -0.2) is 11.6 Å². The van der Waals surface area contributed by atoms with Gasteiger partial charge in [-0.15, -0.1) is 11.3 Å². The summed E-state index contributed by atoms with van der Waals surface area (Å²) in [4.78, 5) is 28.9. The predicted octanol–water partition coefficient (Wildman–Crippen LogP) is 12.3. The highest BCUT2D eigenvalue weighted by Gasteiger charge is 2.43. The van der Waals surface area contributed by atoms with Gasteiger partial charge in [-0.2, -0.15) is 26.3 Å². The molecule has 0 atom stereocenters. The molecule has 260 valence electrons. The van der Waals surface area contributed by atoms with Gasteiger partial charge in [0, 0.05) is 37.8 Å². The van der Waals surface area contributed by atoms with Crippen LogP contribution < -0.4 is 4.90 Å². The van der Waals surface area contributed by atoms with Crippen LogP contribution in [0.1, 0.15) is 61.7 Å². The Balaban J connectivity index is 1.39. The first-order valence-electron chi connectivity index (χ1n) is 16.0. The Morgan fingerprint density at radius 2 is 1.23 bits per heavy atom. The third kappa shape index (κ3) is 5.09. The molecule has 52 heavy (non-hydrogen) atoms. The van der Waals surface area contributed by atoms with Crippen LogP contribution in [-0.2, 0) is 17.8 Å². The molecule has 1 aromatic heterocycles. The number of alkyl halides is 6. The zero-order valence-corrected chi connectivity index (χ0v) is 28.0. The fourth-order valence-corrected chi connectivity index (χ4v) is 8.58. The molecule has 3 nitrogen and oxygen atoms in total. The van der Waals surface area contributed by atoms with Crippen LogP contribution in [0.5, 0.6) is 0 Å². The van der Waals surface area contributed by atoms with E-state index in [2.05, 4.69) is 0 Å². The summed E-state index contributed by atoms with van der Waals surface area (Å²) < 4.78 is 101. The summed E-state index contributed by atoms with van der Waals surface area (Å²) in [5.74, 6) is -1.33. The second-order valence-corrected chi connectivity index (χ2v) is 14.2. The molecule has 5 aromatic carbocycles. The van der Waals surface area contributed by atoms with Gasteiger partial charge >= 0.3 is 12.4 Å². The number of carbonyl (C=O) groups is 2. The summed E-state index contributed by atoms with van der Waals surface area (Å²) in [6.45, 7) is 3.61. The molecule has 8 rings (SSSR count). The Labute approximate surface area is 296 Å². The normalized spacial score (nSPS) is 15.2. The van der Waals surface area contributed by atoms with E-state index in [-0.39, 0.29) is 22.3 Å². The van der Waals surface area contributed by atoms with Gasteiger partial charge in [0.1, 0.15) is 10.8 Å². The molecule has 11 heteroatoms. The van der Waals surface area contributed by atoms with Crippen molar-refractivity contribution in [3.63, 3.8) is 0 Å². The van der Waals surface area contributed by atoms with Gasteiger partial charge in [-0.3, -0.25) is 9.59 Å². The zero-order chi connectivity index (χ0) is 36.9. The second kappa shape index (κ2) is 11.5. The van der Waals surface area contributed by atoms with E-state index in [1.807, 2.05) is 4.90 Å². The summed E-state index contributed by atoms with van der Waals surface area (Å²) >= 11 is 1.25. The van der Waals surface area contributed by atoms with Gasteiger partial charge in [-0.05, 0) is 65.2 Å². The third-order valence-electron chi connectivity index (χ3n) is 9.76. The largest absolute Gasteiger partial charge is 0.417 e. The van der Waals surface area contributed by atoms with E-state index in [9.17, 15) is 35.9 Å². The lowest BCUT2D eigenvalue weighted by Gasteiger charge is -2.40. The Kier molecular flexibility index (Phi) is 7.41. The number of Topliss-reactive ketones (excluding diaryl/α,β-unsaturated/α-hetero) is 2. The first kappa shape index (κ1) is 33.6. The quantitative estimate of drug-likeness (QED) is 0.103. The maximum absolute atomic E-state index is 15.1. The minimum Gasteiger partial charge on any atom is -0.301 e. The molecule has 0 unspecified atom stereocenters. The van der Waals surface area contributed by atoms with E-state index < -0.39 is 51.8 Å². The summed E-state index contributed by atoms with van der Waals surface area (Å²) in [5.41, 5.74) is -2.56.